The second kappa shape index (κ2) is 8.78. The molecule has 3 aromatic rings. The Labute approximate surface area is 157 Å². The summed E-state index contributed by atoms with van der Waals surface area (Å²) in [5.41, 5.74) is 2.01. The van der Waals surface area contributed by atoms with Gasteiger partial charge in [-0.15, -0.1) is 0 Å². The number of benzene rings is 2. The van der Waals surface area contributed by atoms with Crippen LogP contribution in [-0.4, -0.2) is 11.0 Å². The van der Waals surface area contributed by atoms with Gasteiger partial charge in [0.05, 0.1) is 12.8 Å². The smallest absolute Gasteiger partial charge is 0.250 e. The van der Waals surface area contributed by atoms with Crippen molar-refractivity contribution in [3.05, 3.63) is 96.5 Å². The molecule has 5 heteroatoms. The quantitative estimate of drug-likeness (QED) is 0.540. The standard InChI is InChI=1S/C21H18N2O2S/c24-20(14-13-19-12-7-15-25-19)22-21(26)23(18-10-5-2-6-11-18)16-17-8-3-1-4-9-17/h1-15H,16H2,(H,22,24,26). The van der Waals surface area contributed by atoms with Crippen molar-refractivity contribution in [1.29, 1.82) is 0 Å². The zero-order valence-corrected chi connectivity index (χ0v) is 14.9. The molecule has 2 aromatic carbocycles. The van der Waals surface area contributed by atoms with Crippen molar-refractivity contribution < 1.29 is 9.21 Å². The monoisotopic (exact) mass is 362 g/mol. The Hall–Kier alpha value is -3.18. The molecular weight excluding hydrogens is 344 g/mol. The summed E-state index contributed by atoms with van der Waals surface area (Å²) in [4.78, 5) is 14.1. The van der Waals surface area contributed by atoms with Crippen molar-refractivity contribution in [2.24, 2.45) is 0 Å². The normalized spacial score (nSPS) is 10.6. The van der Waals surface area contributed by atoms with Crippen LogP contribution in [0.5, 0.6) is 0 Å². The zero-order chi connectivity index (χ0) is 18.2. The number of amides is 1. The second-order valence-electron chi connectivity index (χ2n) is 5.55. The van der Waals surface area contributed by atoms with E-state index in [0.717, 1.165) is 11.3 Å². The van der Waals surface area contributed by atoms with Gasteiger partial charge in [-0.1, -0.05) is 48.5 Å². The van der Waals surface area contributed by atoms with E-state index >= 15 is 0 Å². The van der Waals surface area contributed by atoms with Crippen LogP contribution in [0.3, 0.4) is 0 Å². The molecule has 26 heavy (non-hydrogen) atoms. The number of para-hydroxylation sites is 1. The highest BCUT2D eigenvalue weighted by Gasteiger charge is 2.14. The van der Waals surface area contributed by atoms with E-state index in [2.05, 4.69) is 5.32 Å². The van der Waals surface area contributed by atoms with Gasteiger partial charge in [-0.05, 0) is 48.1 Å². The van der Waals surface area contributed by atoms with Gasteiger partial charge >= 0.3 is 0 Å². The third kappa shape index (κ3) is 4.91. The molecule has 1 N–H and O–H groups in total. The molecule has 0 fully saturated rings. The van der Waals surface area contributed by atoms with E-state index in [1.54, 1.807) is 24.5 Å². The number of carbonyl (C=O) groups excluding carboxylic acids is 1. The van der Waals surface area contributed by atoms with E-state index < -0.39 is 0 Å². The van der Waals surface area contributed by atoms with E-state index in [0.29, 0.717) is 17.4 Å². The van der Waals surface area contributed by atoms with Crippen molar-refractivity contribution in [2.75, 3.05) is 4.90 Å². The van der Waals surface area contributed by atoms with E-state index in [4.69, 9.17) is 16.6 Å². The Morgan fingerprint density at radius 1 is 1.00 bits per heavy atom. The summed E-state index contributed by atoms with van der Waals surface area (Å²) in [5, 5.41) is 3.09. The SMILES string of the molecule is O=C(C=Cc1ccco1)NC(=S)N(Cc1ccccc1)c1ccccc1. The molecule has 3 rings (SSSR count). The van der Waals surface area contributed by atoms with Gasteiger partial charge < -0.3 is 9.32 Å². The first-order valence-electron chi connectivity index (χ1n) is 8.15. The number of furan rings is 1. The van der Waals surface area contributed by atoms with Crippen molar-refractivity contribution in [3.8, 4) is 0 Å². The lowest BCUT2D eigenvalue weighted by Gasteiger charge is -2.25. The van der Waals surface area contributed by atoms with E-state index in [1.165, 1.54) is 6.08 Å². The fourth-order valence-corrected chi connectivity index (χ4v) is 2.68. The van der Waals surface area contributed by atoms with E-state index in [1.807, 2.05) is 65.6 Å². The number of thiocarbonyl (C=S) groups is 1. The Balaban J connectivity index is 1.73. The Kier molecular flexibility index (Phi) is 5.96. The van der Waals surface area contributed by atoms with Gasteiger partial charge in [0, 0.05) is 11.8 Å². The first-order chi connectivity index (χ1) is 12.7. The van der Waals surface area contributed by atoms with Crippen LogP contribution in [0, 0.1) is 0 Å². The molecule has 0 spiro atoms. The second-order valence-corrected chi connectivity index (χ2v) is 5.94. The molecule has 0 saturated carbocycles. The highest BCUT2D eigenvalue weighted by atomic mass is 32.1. The number of carbonyl (C=O) groups is 1. The summed E-state index contributed by atoms with van der Waals surface area (Å²) < 4.78 is 5.17. The minimum atomic E-state index is -0.305. The number of hydrogen-bond acceptors (Lipinski definition) is 3. The number of nitrogens with zero attached hydrogens (tertiary/aromatic N) is 1. The van der Waals surface area contributed by atoms with Crippen LogP contribution in [0.25, 0.3) is 6.08 Å². The van der Waals surface area contributed by atoms with Gasteiger partial charge in [0.15, 0.2) is 5.11 Å². The van der Waals surface area contributed by atoms with Crippen molar-refractivity contribution in [3.63, 3.8) is 0 Å². The van der Waals surface area contributed by atoms with Crippen LogP contribution in [0.1, 0.15) is 11.3 Å². The zero-order valence-electron chi connectivity index (χ0n) is 14.0. The van der Waals surface area contributed by atoms with Crippen molar-refractivity contribution in [1.82, 2.24) is 5.32 Å². The maximum atomic E-state index is 12.2. The average molecular weight is 362 g/mol. The molecule has 0 unspecified atom stereocenters. The van der Waals surface area contributed by atoms with Crippen LogP contribution in [0.15, 0.2) is 89.6 Å². The highest BCUT2D eigenvalue weighted by molar-refractivity contribution is 7.80. The first kappa shape index (κ1) is 17.6. The third-order valence-corrected chi connectivity index (χ3v) is 3.99. The lowest BCUT2D eigenvalue weighted by molar-refractivity contribution is -0.115. The molecule has 0 aliphatic heterocycles. The molecule has 4 nitrogen and oxygen atoms in total. The minimum absolute atomic E-state index is 0.305. The van der Waals surface area contributed by atoms with E-state index in [9.17, 15) is 4.79 Å². The summed E-state index contributed by atoms with van der Waals surface area (Å²) in [6.45, 7) is 0.561. The predicted molar refractivity (Wildman–Crippen MR) is 108 cm³/mol. The van der Waals surface area contributed by atoms with Gasteiger partial charge in [0.25, 0.3) is 0 Å². The summed E-state index contributed by atoms with van der Waals surface area (Å²) >= 11 is 5.48. The molecule has 0 radical (unpaired) electrons. The van der Waals surface area contributed by atoms with Gasteiger partial charge in [-0.3, -0.25) is 10.1 Å². The average Bonchev–Trinajstić information content (AvgIpc) is 3.19. The van der Waals surface area contributed by atoms with Crippen molar-refractivity contribution in [2.45, 2.75) is 6.54 Å². The summed E-state index contributed by atoms with van der Waals surface area (Å²) in [6.07, 6.45) is 4.55. The Bertz CT molecular complexity index is 875. The van der Waals surface area contributed by atoms with Crippen LogP contribution in [-0.2, 0) is 11.3 Å². The molecule has 0 aliphatic carbocycles. The molecule has 0 saturated heterocycles. The lowest BCUT2D eigenvalue weighted by Crippen LogP contribution is -2.41. The molecule has 0 atom stereocenters. The first-order valence-corrected chi connectivity index (χ1v) is 8.56. The highest BCUT2D eigenvalue weighted by Crippen LogP contribution is 2.17. The van der Waals surface area contributed by atoms with Crippen LogP contribution in [0.4, 0.5) is 5.69 Å². The van der Waals surface area contributed by atoms with Gasteiger partial charge in [0.2, 0.25) is 5.91 Å². The number of nitrogens with one attached hydrogen (secondary N) is 1. The maximum Gasteiger partial charge on any atom is 0.250 e. The molecule has 0 aliphatic rings. The number of anilines is 1. The Morgan fingerprint density at radius 2 is 1.69 bits per heavy atom. The largest absolute Gasteiger partial charge is 0.465 e. The molecule has 1 aromatic heterocycles. The predicted octanol–water partition coefficient (Wildman–Crippen LogP) is 4.40. The maximum absolute atomic E-state index is 12.2. The third-order valence-electron chi connectivity index (χ3n) is 3.67. The molecule has 0 bridgehead atoms. The Morgan fingerprint density at radius 3 is 2.35 bits per heavy atom. The number of rotatable bonds is 5. The van der Waals surface area contributed by atoms with Crippen LogP contribution < -0.4 is 10.2 Å². The van der Waals surface area contributed by atoms with Crippen LogP contribution in [0.2, 0.25) is 0 Å². The molecular formula is C21H18N2O2S. The van der Waals surface area contributed by atoms with Gasteiger partial charge in [-0.2, -0.15) is 0 Å². The lowest BCUT2D eigenvalue weighted by atomic mass is 10.2. The molecule has 1 heterocycles. The topological polar surface area (TPSA) is 45.5 Å². The molecule has 1 amide bonds. The fourth-order valence-electron chi connectivity index (χ4n) is 2.41. The summed E-state index contributed by atoms with van der Waals surface area (Å²) in [7, 11) is 0. The van der Waals surface area contributed by atoms with Crippen molar-refractivity contribution >= 4 is 35.0 Å². The van der Waals surface area contributed by atoms with E-state index in [-0.39, 0.29) is 5.91 Å². The van der Waals surface area contributed by atoms with Gasteiger partial charge in [0.1, 0.15) is 5.76 Å². The summed E-state index contributed by atoms with van der Waals surface area (Å²) in [6, 6.07) is 23.2. The fraction of sp³-hybridized carbons (Fsp3) is 0.0476. The molecule has 130 valence electrons. The minimum Gasteiger partial charge on any atom is -0.465 e. The summed E-state index contributed by atoms with van der Waals surface area (Å²) in [5.74, 6) is 0.302. The van der Waals surface area contributed by atoms with Crippen LogP contribution >= 0.6 is 12.2 Å². The van der Waals surface area contributed by atoms with Gasteiger partial charge in [-0.25, -0.2) is 0 Å². The number of hydrogen-bond donors (Lipinski definition) is 1.